The average Bonchev–Trinajstić information content (AvgIpc) is 2.52. The van der Waals surface area contributed by atoms with Crippen LogP contribution in [0.3, 0.4) is 0 Å². The van der Waals surface area contributed by atoms with Crippen LogP contribution in [-0.2, 0) is 0 Å². The highest BCUT2D eigenvalue weighted by Crippen LogP contribution is 2.05. The van der Waals surface area contributed by atoms with Crippen molar-refractivity contribution in [2.45, 2.75) is 18.9 Å². The zero-order chi connectivity index (χ0) is 8.10. The second-order valence-electron chi connectivity index (χ2n) is 3.17. The molecule has 1 fully saturated rings. The fourth-order valence-electron chi connectivity index (χ4n) is 1.51. The lowest BCUT2D eigenvalue weighted by molar-refractivity contribution is 0.244. The Balaban J connectivity index is 2.12. The van der Waals surface area contributed by atoms with E-state index in [2.05, 4.69) is 17.3 Å². The van der Waals surface area contributed by atoms with Crippen molar-refractivity contribution in [3.8, 4) is 0 Å². The van der Waals surface area contributed by atoms with Gasteiger partial charge in [-0.05, 0) is 26.4 Å². The molecule has 0 bridgehead atoms. The van der Waals surface area contributed by atoms with Gasteiger partial charge in [-0.25, -0.2) is 0 Å². The Labute approximate surface area is 67.8 Å². The molecule has 1 N–H and O–H groups in total. The molecule has 0 amide bonds. The highest BCUT2D eigenvalue weighted by Gasteiger charge is 2.17. The van der Waals surface area contributed by atoms with Gasteiger partial charge in [0.15, 0.2) is 0 Å². The number of nitrogens with zero attached hydrogens (tertiary/aromatic N) is 1. The monoisotopic (exact) mass is 160 g/mol. The first-order chi connectivity index (χ1) is 5.34. The molecule has 11 heavy (non-hydrogen) atoms. The zero-order valence-electron chi connectivity index (χ0n) is 7.15. The Kier molecular flexibility index (Phi) is 3.80. The average molecular weight is 160 g/mol. The van der Waals surface area contributed by atoms with Crippen molar-refractivity contribution in [2.24, 2.45) is 0 Å². The van der Waals surface area contributed by atoms with Crippen LogP contribution in [0.1, 0.15) is 12.8 Å². The van der Waals surface area contributed by atoms with Crippen molar-refractivity contribution >= 4 is 0 Å². The quantitative estimate of drug-likeness (QED) is 0.649. The number of halogens is 1. The van der Waals surface area contributed by atoms with E-state index in [0.717, 1.165) is 19.6 Å². The van der Waals surface area contributed by atoms with Gasteiger partial charge in [-0.2, -0.15) is 0 Å². The molecule has 1 unspecified atom stereocenters. The minimum Gasteiger partial charge on any atom is -0.315 e. The standard InChI is InChI=1S/C8H17FN2/c1-11(6-2-4-9)8-3-5-10-7-8/h8,10H,2-7H2,1H3. The molecule has 0 aromatic carbocycles. The van der Waals surface area contributed by atoms with Crippen molar-refractivity contribution in [3.05, 3.63) is 0 Å². The summed E-state index contributed by atoms with van der Waals surface area (Å²) in [4.78, 5) is 2.25. The summed E-state index contributed by atoms with van der Waals surface area (Å²) in [6, 6.07) is 0.640. The highest BCUT2D eigenvalue weighted by atomic mass is 19.1. The van der Waals surface area contributed by atoms with E-state index in [-0.39, 0.29) is 6.67 Å². The van der Waals surface area contributed by atoms with Crippen LogP contribution in [0.25, 0.3) is 0 Å². The molecule has 1 atom stereocenters. The van der Waals surface area contributed by atoms with Crippen molar-refractivity contribution in [1.82, 2.24) is 10.2 Å². The molecule has 3 heteroatoms. The van der Waals surface area contributed by atoms with E-state index in [1.807, 2.05) is 0 Å². The lowest BCUT2D eigenvalue weighted by Gasteiger charge is -2.22. The summed E-state index contributed by atoms with van der Waals surface area (Å²) < 4.78 is 11.8. The van der Waals surface area contributed by atoms with Gasteiger partial charge in [-0.3, -0.25) is 4.39 Å². The fraction of sp³-hybridized carbons (Fsp3) is 1.00. The molecule has 2 nitrogen and oxygen atoms in total. The third-order valence-electron chi connectivity index (χ3n) is 2.30. The Morgan fingerprint density at radius 3 is 3.00 bits per heavy atom. The molecule has 0 aromatic rings. The van der Waals surface area contributed by atoms with Gasteiger partial charge < -0.3 is 10.2 Å². The third kappa shape index (κ3) is 2.75. The predicted octanol–water partition coefficient (Wildman–Crippen LogP) is 0.640. The summed E-state index contributed by atoms with van der Waals surface area (Å²) >= 11 is 0. The minimum atomic E-state index is -0.190. The van der Waals surface area contributed by atoms with E-state index in [1.54, 1.807) is 0 Å². The van der Waals surface area contributed by atoms with Gasteiger partial charge in [0.25, 0.3) is 0 Å². The second-order valence-corrected chi connectivity index (χ2v) is 3.17. The van der Waals surface area contributed by atoms with Crippen LogP contribution in [-0.4, -0.2) is 44.3 Å². The van der Waals surface area contributed by atoms with E-state index >= 15 is 0 Å². The summed E-state index contributed by atoms with van der Waals surface area (Å²) in [5, 5.41) is 3.29. The molecule has 1 aliphatic rings. The molecule has 1 aliphatic heterocycles. The van der Waals surface area contributed by atoms with E-state index in [1.165, 1.54) is 6.42 Å². The Hall–Kier alpha value is -0.150. The number of hydrogen-bond acceptors (Lipinski definition) is 2. The summed E-state index contributed by atoms with van der Waals surface area (Å²) in [6.07, 6.45) is 1.88. The van der Waals surface area contributed by atoms with Crippen LogP contribution in [0, 0.1) is 0 Å². The second kappa shape index (κ2) is 4.67. The van der Waals surface area contributed by atoms with Gasteiger partial charge in [0, 0.05) is 19.1 Å². The molecular formula is C8H17FN2. The summed E-state index contributed by atoms with van der Waals surface area (Å²) in [7, 11) is 2.08. The first-order valence-electron chi connectivity index (χ1n) is 4.31. The molecular weight excluding hydrogens is 143 g/mol. The van der Waals surface area contributed by atoms with Gasteiger partial charge in [0.2, 0.25) is 0 Å². The van der Waals surface area contributed by atoms with Crippen LogP contribution in [0.15, 0.2) is 0 Å². The lowest BCUT2D eigenvalue weighted by Crippen LogP contribution is -2.34. The largest absolute Gasteiger partial charge is 0.315 e. The zero-order valence-corrected chi connectivity index (χ0v) is 7.15. The van der Waals surface area contributed by atoms with Crippen LogP contribution in [0.4, 0.5) is 4.39 Å². The highest BCUT2D eigenvalue weighted by molar-refractivity contribution is 4.78. The fourth-order valence-corrected chi connectivity index (χ4v) is 1.51. The van der Waals surface area contributed by atoms with Gasteiger partial charge >= 0.3 is 0 Å². The maximum atomic E-state index is 11.8. The Morgan fingerprint density at radius 2 is 2.45 bits per heavy atom. The number of alkyl halides is 1. The number of hydrogen-bond donors (Lipinski definition) is 1. The Bertz CT molecular complexity index is 102. The van der Waals surface area contributed by atoms with Crippen molar-refractivity contribution in [1.29, 1.82) is 0 Å². The molecule has 1 rings (SSSR count). The van der Waals surface area contributed by atoms with E-state index in [9.17, 15) is 4.39 Å². The maximum absolute atomic E-state index is 11.8. The maximum Gasteiger partial charge on any atom is 0.0906 e. The van der Waals surface area contributed by atoms with Crippen molar-refractivity contribution in [3.63, 3.8) is 0 Å². The summed E-state index contributed by atoms with van der Waals surface area (Å²) in [5.41, 5.74) is 0. The van der Waals surface area contributed by atoms with Crippen molar-refractivity contribution < 1.29 is 4.39 Å². The van der Waals surface area contributed by atoms with Gasteiger partial charge in [-0.15, -0.1) is 0 Å². The smallest absolute Gasteiger partial charge is 0.0906 e. The first kappa shape index (κ1) is 8.94. The predicted molar refractivity (Wildman–Crippen MR) is 44.5 cm³/mol. The van der Waals surface area contributed by atoms with Crippen LogP contribution >= 0.6 is 0 Å². The SMILES string of the molecule is CN(CCCF)C1CCNC1. The molecule has 0 aliphatic carbocycles. The number of nitrogens with one attached hydrogen (secondary N) is 1. The van der Waals surface area contributed by atoms with Gasteiger partial charge in [0.05, 0.1) is 6.67 Å². The molecule has 0 saturated carbocycles. The van der Waals surface area contributed by atoms with Crippen LogP contribution in [0.5, 0.6) is 0 Å². The topological polar surface area (TPSA) is 15.3 Å². The summed E-state index contributed by atoms with van der Waals surface area (Å²) in [6.45, 7) is 2.89. The van der Waals surface area contributed by atoms with E-state index < -0.39 is 0 Å². The molecule has 0 radical (unpaired) electrons. The molecule has 0 spiro atoms. The van der Waals surface area contributed by atoms with Crippen LogP contribution in [0.2, 0.25) is 0 Å². The number of rotatable bonds is 4. The van der Waals surface area contributed by atoms with Gasteiger partial charge in [-0.1, -0.05) is 0 Å². The van der Waals surface area contributed by atoms with E-state index in [4.69, 9.17) is 0 Å². The Morgan fingerprint density at radius 1 is 1.64 bits per heavy atom. The van der Waals surface area contributed by atoms with Gasteiger partial charge in [0.1, 0.15) is 0 Å². The first-order valence-corrected chi connectivity index (χ1v) is 4.31. The molecule has 66 valence electrons. The molecule has 1 heterocycles. The van der Waals surface area contributed by atoms with E-state index in [0.29, 0.717) is 12.5 Å². The van der Waals surface area contributed by atoms with Crippen LogP contribution < -0.4 is 5.32 Å². The third-order valence-corrected chi connectivity index (χ3v) is 2.30. The molecule has 0 aromatic heterocycles. The lowest BCUT2D eigenvalue weighted by atomic mass is 10.2. The molecule has 1 saturated heterocycles. The number of likely N-dealkylation sites (N-methyl/N-ethyl adjacent to an activating group) is 1. The summed E-state index contributed by atoms with van der Waals surface area (Å²) in [5.74, 6) is 0. The normalized spacial score (nSPS) is 24.8. The van der Waals surface area contributed by atoms with Crippen molar-refractivity contribution in [2.75, 3.05) is 33.4 Å². The minimum absolute atomic E-state index is 0.190.